The molecule has 0 spiro atoms. The number of hydrogen-bond acceptors (Lipinski definition) is 4. The number of aldehydes is 1. The molecular weight excluding hydrogens is 326 g/mol. The number of benzene rings is 1. The molecule has 0 saturated carbocycles. The van der Waals surface area contributed by atoms with Crippen molar-refractivity contribution in [2.45, 2.75) is 25.4 Å². The minimum Gasteiger partial charge on any atom is -0.481 e. The summed E-state index contributed by atoms with van der Waals surface area (Å²) in [4.78, 5) is 45.9. The van der Waals surface area contributed by atoms with Crippen LogP contribution in [0.4, 0.5) is 0 Å². The van der Waals surface area contributed by atoms with Crippen LogP contribution in [-0.4, -0.2) is 45.8 Å². The maximum atomic E-state index is 12.4. The fourth-order valence-corrected chi connectivity index (χ4v) is 2.47. The van der Waals surface area contributed by atoms with E-state index >= 15 is 0 Å². The average molecular weight is 345 g/mol. The van der Waals surface area contributed by atoms with Gasteiger partial charge in [0.2, 0.25) is 5.91 Å². The largest absolute Gasteiger partial charge is 0.481 e. The number of aliphatic carboxylic acids is 1. The van der Waals surface area contributed by atoms with E-state index in [0.717, 1.165) is 10.9 Å². The van der Waals surface area contributed by atoms with E-state index in [0.29, 0.717) is 12.0 Å². The van der Waals surface area contributed by atoms with E-state index in [1.54, 1.807) is 17.7 Å². The third kappa shape index (κ3) is 4.23. The number of para-hydroxylation sites is 1. The average Bonchev–Trinajstić information content (AvgIpc) is 2.91. The molecule has 3 N–H and O–H groups in total. The molecule has 1 aromatic carbocycles. The third-order valence-electron chi connectivity index (χ3n) is 3.81. The van der Waals surface area contributed by atoms with E-state index in [9.17, 15) is 19.2 Å². The smallest absolute Gasteiger partial charge is 0.305 e. The first-order valence-corrected chi connectivity index (χ1v) is 7.66. The number of carboxylic acid groups (broad SMARTS) is 1. The molecule has 2 atom stereocenters. The zero-order valence-electron chi connectivity index (χ0n) is 13.9. The van der Waals surface area contributed by atoms with Crippen molar-refractivity contribution in [3.63, 3.8) is 0 Å². The summed E-state index contributed by atoms with van der Waals surface area (Å²) in [6.45, 7) is 1.46. The number of hydrogen-bond donors (Lipinski definition) is 3. The second-order valence-corrected chi connectivity index (χ2v) is 5.69. The number of aromatic nitrogens is 1. The van der Waals surface area contributed by atoms with Gasteiger partial charge in [-0.05, 0) is 19.1 Å². The molecule has 1 heterocycles. The van der Waals surface area contributed by atoms with Crippen LogP contribution in [0.15, 0.2) is 30.3 Å². The number of rotatable bonds is 7. The van der Waals surface area contributed by atoms with Crippen molar-refractivity contribution in [3.8, 4) is 0 Å². The summed E-state index contributed by atoms with van der Waals surface area (Å²) in [6.07, 6.45) is -0.163. The minimum absolute atomic E-state index is 0.352. The zero-order valence-corrected chi connectivity index (χ0v) is 13.9. The lowest BCUT2D eigenvalue weighted by Gasteiger charge is -2.17. The number of carbonyl (C=O) groups excluding carboxylic acids is 3. The highest BCUT2D eigenvalue weighted by Gasteiger charge is 2.22. The second-order valence-electron chi connectivity index (χ2n) is 5.69. The molecule has 1 aromatic heterocycles. The molecule has 0 radical (unpaired) electrons. The molecule has 1 unspecified atom stereocenters. The van der Waals surface area contributed by atoms with Gasteiger partial charge in [-0.15, -0.1) is 0 Å². The lowest BCUT2D eigenvalue weighted by molar-refractivity contribution is -0.138. The predicted octanol–water partition coefficient (Wildman–Crippen LogP) is 0.455. The molecular formula is C17H19N3O5. The summed E-state index contributed by atoms with van der Waals surface area (Å²) < 4.78 is 1.72. The summed E-state index contributed by atoms with van der Waals surface area (Å²) in [5.74, 6) is -2.28. The van der Waals surface area contributed by atoms with Crippen molar-refractivity contribution < 1.29 is 24.3 Å². The summed E-state index contributed by atoms with van der Waals surface area (Å²) in [5, 5.41) is 14.4. The van der Waals surface area contributed by atoms with E-state index in [1.807, 2.05) is 24.3 Å². The Hall–Kier alpha value is -3.16. The van der Waals surface area contributed by atoms with Crippen LogP contribution in [0.2, 0.25) is 0 Å². The van der Waals surface area contributed by atoms with Crippen molar-refractivity contribution in [1.29, 1.82) is 0 Å². The molecule has 2 aromatic rings. The van der Waals surface area contributed by atoms with Gasteiger partial charge in [-0.25, -0.2) is 0 Å². The molecule has 0 aliphatic heterocycles. The molecule has 0 aliphatic rings. The Morgan fingerprint density at radius 1 is 1.24 bits per heavy atom. The van der Waals surface area contributed by atoms with Crippen molar-refractivity contribution in [2.75, 3.05) is 0 Å². The lowest BCUT2D eigenvalue weighted by Crippen LogP contribution is -2.49. The van der Waals surface area contributed by atoms with E-state index in [4.69, 9.17) is 5.11 Å². The van der Waals surface area contributed by atoms with Crippen LogP contribution < -0.4 is 10.6 Å². The first-order valence-electron chi connectivity index (χ1n) is 7.66. The third-order valence-corrected chi connectivity index (χ3v) is 3.81. The fourth-order valence-electron chi connectivity index (χ4n) is 2.47. The number of nitrogens with one attached hydrogen (secondary N) is 2. The molecule has 8 heteroatoms. The molecule has 25 heavy (non-hydrogen) atoms. The highest BCUT2D eigenvalue weighted by molar-refractivity contribution is 6.00. The van der Waals surface area contributed by atoms with Crippen LogP contribution in [0.3, 0.4) is 0 Å². The maximum absolute atomic E-state index is 12.4. The van der Waals surface area contributed by atoms with Crippen molar-refractivity contribution in [2.24, 2.45) is 7.05 Å². The molecule has 8 nitrogen and oxygen atoms in total. The van der Waals surface area contributed by atoms with Crippen molar-refractivity contribution in [3.05, 3.63) is 36.0 Å². The van der Waals surface area contributed by atoms with Gasteiger partial charge in [0.1, 0.15) is 18.0 Å². The molecule has 2 amide bonds. The minimum atomic E-state index is -1.20. The van der Waals surface area contributed by atoms with Gasteiger partial charge in [0, 0.05) is 18.0 Å². The summed E-state index contributed by atoms with van der Waals surface area (Å²) in [7, 11) is 1.75. The van der Waals surface area contributed by atoms with E-state index in [1.165, 1.54) is 6.92 Å². The van der Waals surface area contributed by atoms with Crippen LogP contribution in [0.25, 0.3) is 10.9 Å². The summed E-state index contributed by atoms with van der Waals surface area (Å²) in [5.41, 5.74) is 1.27. The lowest BCUT2D eigenvalue weighted by atomic mass is 10.2. The van der Waals surface area contributed by atoms with Crippen molar-refractivity contribution >= 4 is 35.0 Å². The Morgan fingerprint density at radius 2 is 1.92 bits per heavy atom. The van der Waals surface area contributed by atoms with Crippen LogP contribution >= 0.6 is 0 Å². The van der Waals surface area contributed by atoms with Gasteiger partial charge >= 0.3 is 5.97 Å². The van der Waals surface area contributed by atoms with E-state index in [-0.39, 0.29) is 0 Å². The number of aryl methyl sites for hydroxylation is 1. The number of nitrogens with zero attached hydrogens (tertiary/aromatic N) is 1. The molecule has 2 rings (SSSR count). The van der Waals surface area contributed by atoms with Crippen LogP contribution in [0.1, 0.15) is 23.8 Å². The topological polar surface area (TPSA) is 118 Å². The van der Waals surface area contributed by atoms with Gasteiger partial charge < -0.3 is 25.1 Å². The summed E-state index contributed by atoms with van der Waals surface area (Å²) >= 11 is 0. The maximum Gasteiger partial charge on any atom is 0.305 e. The molecule has 0 aliphatic carbocycles. The Balaban J connectivity index is 2.05. The monoisotopic (exact) mass is 345 g/mol. The van der Waals surface area contributed by atoms with Gasteiger partial charge in [0.15, 0.2) is 0 Å². The van der Waals surface area contributed by atoms with Crippen LogP contribution in [-0.2, 0) is 21.4 Å². The molecule has 0 bridgehead atoms. The first kappa shape index (κ1) is 18.2. The second kappa shape index (κ2) is 7.61. The number of carbonyl (C=O) groups is 4. The van der Waals surface area contributed by atoms with Gasteiger partial charge in [-0.2, -0.15) is 0 Å². The van der Waals surface area contributed by atoms with Crippen LogP contribution in [0.5, 0.6) is 0 Å². The SMILES string of the molecule is CC(NC(=O)c1cc2ccccc2n1C)C(=O)N[C@@H](C=O)CC(=O)O. The van der Waals surface area contributed by atoms with Crippen LogP contribution in [0, 0.1) is 0 Å². The number of amides is 2. The van der Waals surface area contributed by atoms with E-state index in [2.05, 4.69) is 10.6 Å². The summed E-state index contributed by atoms with van der Waals surface area (Å²) in [6, 6.07) is 7.13. The zero-order chi connectivity index (χ0) is 18.6. The van der Waals surface area contributed by atoms with Gasteiger partial charge in [0.25, 0.3) is 5.91 Å². The normalized spacial score (nSPS) is 13.0. The number of carboxylic acids is 1. The highest BCUT2D eigenvalue weighted by Crippen LogP contribution is 2.18. The Bertz CT molecular complexity index is 827. The fraction of sp³-hybridized carbons (Fsp3) is 0.294. The van der Waals surface area contributed by atoms with E-state index < -0.39 is 36.3 Å². The first-order chi connectivity index (χ1) is 11.8. The Labute approximate surface area is 143 Å². The Morgan fingerprint density at radius 3 is 2.52 bits per heavy atom. The standard InChI is InChI=1S/C17H19N3O5/c1-10(16(24)19-12(9-21)8-15(22)23)18-17(25)14-7-11-5-3-4-6-13(11)20(14)2/h3-7,9-10,12H,8H2,1-2H3,(H,18,25)(H,19,24)(H,22,23)/t10?,12-/m1/s1. The Kier molecular flexibility index (Phi) is 5.53. The quantitative estimate of drug-likeness (QED) is 0.630. The number of fused-ring (bicyclic) bond motifs is 1. The molecule has 0 fully saturated rings. The van der Waals surface area contributed by atoms with Gasteiger partial charge in [0.05, 0.1) is 12.5 Å². The molecule has 132 valence electrons. The molecule has 0 saturated heterocycles. The predicted molar refractivity (Wildman–Crippen MR) is 90.1 cm³/mol. The van der Waals surface area contributed by atoms with Crippen molar-refractivity contribution in [1.82, 2.24) is 15.2 Å². The highest BCUT2D eigenvalue weighted by atomic mass is 16.4. The van der Waals surface area contributed by atoms with Gasteiger partial charge in [-0.1, -0.05) is 18.2 Å². The van der Waals surface area contributed by atoms with Gasteiger partial charge in [-0.3, -0.25) is 14.4 Å².